The van der Waals surface area contributed by atoms with Crippen LogP contribution in [0.25, 0.3) is 0 Å². The van der Waals surface area contributed by atoms with Gasteiger partial charge in [-0.15, -0.1) is 0 Å². The summed E-state index contributed by atoms with van der Waals surface area (Å²) < 4.78 is 18.4. The van der Waals surface area contributed by atoms with Crippen molar-refractivity contribution in [1.82, 2.24) is 0 Å². The zero-order chi connectivity index (χ0) is 10.8. The third kappa shape index (κ3) is 2.01. The second-order valence-corrected chi connectivity index (χ2v) is 3.72. The van der Waals surface area contributed by atoms with E-state index in [1.807, 2.05) is 6.92 Å². The SMILES string of the molecule is CCC(=O)[C@H]1CCc2cc(F)ccc2O1. The number of hydrogen-bond donors (Lipinski definition) is 0. The fourth-order valence-corrected chi connectivity index (χ4v) is 1.81. The van der Waals surface area contributed by atoms with Gasteiger partial charge in [0.15, 0.2) is 11.9 Å². The maximum atomic E-state index is 12.9. The first-order valence-corrected chi connectivity index (χ1v) is 5.18. The molecule has 0 fully saturated rings. The molecule has 1 heterocycles. The molecular weight excluding hydrogens is 195 g/mol. The molecule has 0 saturated heterocycles. The first-order chi connectivity index (χ1) is 7.20. The van der Waals surface area contributed by atoms with Crippen LogP contribution in [0.3, 0.4) is 0 Å². The van der Waals surface area contributed by atoms with Crippen LogP contribution in [0.1, 0.15) is 25.3 Å². The van der Waals surface area contributed by atoms with Gasteiger partial charge in [-0.05, 0) is 36.6 Å². The van der Waals surface area contributed by atoms with E-state index in [2.05, 4.69) is 0 Å². The molecule has 0 radical (unpaired) electrons. The minimum absolute atomic E-state index is 0.116. The number of halogens is 1. The molecule has 80 valence electrons. The summed E-state index contributed by atoms with van der Waals surface area (Å²) in [5, 5.41) is 0. The zero-order valence-corrected chi connectivity index (χ0v) is 8.63. The topological polar surface area (TPSA) is 26.3 Å². The molecule has 1 aliphatic heterocycles. The van der Waals surface area contributed by atoms with E-state index in [4.69, 9.17) is 4.74 Å². The molecular formula is C12H13FO2. The second kappa shape index (κ2) is 4.01. The third-order valence-electron chi connectivity index (χ3n) is 2.68. The van der Waals surface area contributed by atoms with Crippen LogP contribution in [0, 0.1) is 5.82 Å². The number of carbonyl (C=O) groups excluding carboxylic acids is 1. The van der Waals surface area contributed by atoms with Gasteiger partial charge in [0.25, 0.3) is 0 Å². The number of rotatable bonds is 2. The predicted molar refractivity (Wildman–Crippen MR) is 54.4 cm³/mol. The second-order valence-electron chi connectivity index (χ2n) is 3.72. The van der Waals surface area contributed by atoms with Crippen LogP contribution < -0.4 is 4.74 Å². The van der Waals surface area contributed by atoms with E-state index in [1.54, 1.807) is 6.07 Å². The van der Waals surface area contributed by atoms with Crippen LogP contribution in [-0.2, 0) is 11.2 Å². The van der Waals surface area contributed by atoms with Crippen LogP contribution in [0.4, 0.5) is 4.39 Å². The number of ether oxygens (including phenoxy) is 1. The van der Waals surface area contributed by atoms with Crippen molar-refractivity contribution in [2.75, 3.05) is 0 Å². The number of ketones is 1. The number of Topliss-reactive ketones (excluding diaryl/α,β-unsaturated/α-hetero) is 1. The summed E-state index contributed by atoms with van der Waals surface area (Å²) in [5.41, 5.74) is 0.857. The van der Waals surface area contributed by atoms with Gasteiger partial charge in [-0.25, -0.2) is 4.39 Å². The van der Waals surface area contributed by atoms with Crippen molar-refractivity contribution < 1.29 is 13.9 Å². The van der Waals surface area contributed by atoms with Crippen molar-refractivity contribution >= 4 is 5.78 Å². The summed E-state index contributed by atoms with van der Waals surface area (Å²) in [6.07, 6.45) is 1.52. The number of carbonyl (C=O) groups is 1. The number of fused-ring (bicyclic) bond motifs is 1. The lowest BCUT2D eigenvalue weighted by atomic mass is 9.99. The summed E-state index contributed by atoms with van der Waals surface area (Å²) in [4.78, 5) is 11.4. The summed E-state index contributed by atoms with van der Waals surface area (Å²) in [6, 6.07) is 4.43. The molecule has 0 aromatic heterocycles. The average molecular weight is 208 g/mol. The first kappa shape index (κ1) is 10.1. The van der Waals surface area contributed by atoms with Crippen LogP contribution >= 0.6 is 0 Å². The molecule has 0 spiro atoms. The molecule has 0 bridgehead atoms. The van der Waals surface area contributed by atoms with Crippen molar-refractivity contribution in [1.29, 1.82) is 0 Å². The van der Waals surface area contributed by atoms with E-state index < -0.39 is 0 Å². The highest BCUT2D eigenvalue weighted by Gasteiger charge is 2.24. The van der Waals surface area contributed by atoms with E-state index in [-0.39, 0.29) is 17.7 Å². The highest BCUT2D eigenvalue weighted by molar-refractivity contribution is 5.83. The Bertz CT molecular complexity index is 387. The van der Waals surface area contributed by atoms with Crippen molar-refractivity contribution in [2.45, 2.75) is 32.3 Å². The summed E-state index contributed by atoms with van der Waals surface area (Å²) in [7, 11) is 0. The van der Waals surface area contributed by atoms with E-state index in [0.29, 0.717) is 25.0 Å². The summed E-state index contributed by atoms with van der Waals surface area (Å²) in [5.74, 6) is 0.511. The average Bonchev–Trinajstić information content (AvgIpc) is 2.27. The molecule has 0 N–H and O–H groups in total. The van der Waals surface area contributed by atoms with Crippen LogP contribution in [0.2, 0.25) is 0 Å². The lowest BCUT2D eigenvalue weighted by molar-refractivity contribution is -0.126. The lowest BCUT2D eigenvalue weighted by Gasteiger charge is -2.24. The maximum Gasteiger partial charge on any atom is 0.173 e. The molecule has 0 unspecified atom stereocenters. The van der Waals surface area contributed by atoms with Gasteiger partial charge in [-0.1, -0.05) is 6.92 Å². The Kier molecular flexibility index (Phi) is 2.71. The van der Waals surface area contributed by atoms with Gasteiger partial charge < -0.3 is 4.74 Å². The van der Waals surface area contributed by atoms with E-state index in [1.165, 1.54) is 12.1 Å². The molecule has 2 rings (SSSR count). The normalized spacial score (nSPS) is 19.2. The van der Waals surface area contributed by atoms with Gasteiger partial charge in [-0.3, -0.25) is 4.79 Å². The van der Waals surface area contributed by atoms with Crippen molar-refractivity contribution in [3.05, 3.63) is 29.6 Å². The van der Waals surface area contributed by atoms with Gasteiger partial charge in [0.1, 0.15) is 11.6 Å². The molecule has 15 heavy (non-hydrogen) atoms. The van der Waals surface area contributed by atoms with Crippen LogP contribution in [-0.4, -0.2) is 11.9 Å². The number of aryl methyl sites for hydroxylation is 1. The van der Waals surface area contributed by atoms with Gasteiger partial charge in [0, 0.05) is 6.42 Å². The smallest absolute Gasteiger partial charge is 0.173 e. The number of hydrogen-bond acceptors (Lipinski definition) is 2. The minimum atomic E-state index is -0.340. The quantitative estimate of drug-likeness (QED) is 0.746. The van der Waals surface area contributed by atoms with Gasteiger partial charge >= 0.3 is 0 Å². The fraction of sp³-hybridized carbons (Fsp3) is 0.417. The Balaban J connectivity index is 2.20. The zero-order valence-electron chi connectivity index (χ0n) is 8.63. The van der Waals surface area contributed by atoms with Crippen molar-refractivity contribution in [3.63, 3.8) is 0 Å². The Morgan fingerprint density at radius 2 is 2.40 bits per heavy atom. The highest BCUT2D eigenvalue weighted by atomic mass is 19.1. The Hall–Kier alpha value is -1.38. The molecule has 1 aromatic carbocycles. The molecule has 0 aliphatic carbocycles. The van der Waals surface area contributed by atoms with Gasteiger partial charge in [-0.2, -0.15) is 0 Å². The van der Waals surface area contributed by atoms with Crippen molar-refractivity contribution in [3.8, 4) is 5.75 Å². The fourth-order valence-electron chi connectivity index (χ4n) is 1.81. The van der Waals surface area contributed by atoms with E-state index in [0.717, 1.165) is 5.56 Å². The van der Waals surface area contributed by atoms with Gasteiger partial charge in [0.2, 0.25) is 0 Å². The predicted octanol–water partition coefficient (Wildman–Crippen LogP) is 2.50. The summed E-state index contributed by atoms with van der Waals surface area (Å²) in [6.45, 7) is 1.83. The van der Waals surface area contributed by atoms with Crippen LogP contribution in [0.5, 0.6) is 5.75 Å². The number of benzene rings is 1. The molecule has 1 aromatic rings. The lowest BCUT2D eigenvalue weighted by Crippen LogP contribution is -2.30. The standard InChI is InChI=1S/C12H13FO2/c1-2-10(14)12-5-3-8-7-9(13)4-6-11(8)15-12/h4,6-7,12H,2-3,5H2,1H3/t12-/m1/s1. The monoisotopic (exact) mass is 208 g/mol. The highest BCUT2D eigenvalue weighted by Crippen LogP contribution is 2.28. The van der Waals surface area contributed by atoms with Crippen molar-refractivity contribution in [2.24, 2.45) is 0 Å². The maximum absolute atomic E-state index is 12.9. The molecule has 0 saturated carbocycles. The Morgan fingerprint density at radius 1 is 1.60 bits per heavy atom. The molecule has 0 amide bonds. The molecule has 1 aliphatic rings. The van der Waals surface area contributed by atoms with Gasteiger partial charge in [0.05, 0.1) is 0 Å². The molecule has 2 nitrogen and oxygen atoms in total. The Labute approximate surface area is 88.1 Å². The minimum Gasteiger partial charge on any atom is -0.482 e. The first-order valence-electron chi connectivity index (χ1n) is 5.18. The molecule has 1 atom stereocenters. The van der Waals surface area contributed by atoms with Crippen LogP contribution in [0.15, 0.2) is 18.2 Å². The van der Waals surface area contributed by atoms with E-state index in [9.17, 15) is 9.18 Å². The molecule has 3 heteroatoms. The largest absolute Gasteiger partial charge is 0.482 e. The third-order valence-corrected chi connectivity index (χ3v) is 2.68. The summed E-state index contributed by atoms with van der Waals surface area (Å²) >= 11 is 0. The Morgan fingerprint density at radius 3 is 3.13 bits per heavy atom. The van der Waals surface area contributed by atoms with E-state index >= 15 is 0 Å².